The minimum Gasteiger partial charge on any atom is -0.470 e. The number of nitrogens with zero attached hydrogens (tertiary/aromatic N) is 3. The lowest BCUT2D eigenvalue weighted by Gasteiger charge is -2.39. The van der Waals surface area contributed by atoms with Crippen molar-refractivity contribution < 1.29 is 40.7 Å². The van der Waals surface area contributed by atoms with Gasteiger partial charge in [-0.05, 0) is 63.4 Å². The van der Waals surface area contributed by atoms with Crippen LogP contribution in [0.3, 0.4) is 0 Å². The molecule has 1 saturated heterocycles. The quantitative estimate of drug-likeness (QED) is 0.521. The van der Waals surface area contributed by atoms with Crippen molar-refractivity contribution in [3.8, 4) is 5.88 Å². The molecule has 0 spiro atoms. The first-order chi connectivity index (χ1) is 19.4. The molecule has 3 heterocycles. The van der Waals surface area contributed by atoms with Gasteiger partial charge in [-0.15, -0.1) is 0 Å². The Hall–Kier alpha value is -4.07. The topological polar surface area (TPSA) is 118 Å². The number of alkyl halides is 3. The standard InChI is InChI=1S/C28H31F3N4O6S/c1-27(2,3)41-26(37)35-15-19(16-35)40-24-22(7-6-9-33-24)21-8-10-32-14-23(21)34(4)25(36)17-11-18(28(29,30)31)13-20(12-17)42(5,38)39/h6-13,19,32H,14-16H2,1-5H3. The second kappa shape index (κ2) is 11.3. The van der Waals surface area contributed by atoms with Crippen molar-refractivity contribution in [3.63, 3.8) is 0 Å². The molecular formula is C28H31F3N4O6S. The number of nitrogens with one attached hydrogen (secondary N) is 1. The fourth-order valence-corrected chi connectivity index (χ4v) is 4.97. The zero-order valence-corrected chi connectivity index (χ0v) is 24.5. The normalized spacial score (nSPS) is 16.0. The van der Waals surface area contributed by atoms with Crippen molar-refractivity contribution in [1.82, 2.24) is 20.1 Å². The predicted octanol–water partition coefficient (Wildman–Crippen LogP) is 4.10. The number of aromatic nitrogens is 1. The highest BCUT2D eigenvalue weighted by Crippen LogP contribution is 2.34. The summed E-state index contributed by atoms with van der Waals surface area (Å²) in [5.74, 6) is -0.598. The van der Waals surface area contributed by atoms with E-state index in [2.05, 4.69) is 10.3 Å². The first kappa shape index (κ1) is 30.9. The number of halogens is 3. The minimum atomic E-state index is -4.86. The number of hydrogen-bond donors (Lipinski definition) is 1. The van der Waals surface area contributed by atoms with Crippen LogP contribution in [0.15, 0.2) is 59.4 Å². The van der Waals surface area contributed by atoms with Gasteiger partial charge in [0.15, 0.2) is 9.84 Å². The van der Waals surface area contributed by atoms with Gasteiger partial charge < -0.3 is 24.6 Å². The number of carbonyl (C=O) groups excluding carboxylic acids is 2. The maximum atomic E-state index is 13.6. The smallest absolute Gasteiger partial charge is 0.416 e. The van der Waals surface area contributed by atoms with E-state index in [0.29, 0.717) is 29.0 Å². The molecule has 1 N–H and O–H groups in total. The van der Waals surface area contributed by atoms with Crippen molar-refractivity contribution in [2.45, 2.75) is 43.5 Å². The van der Waals surface area contributed by atoms with Crippen molar-refractivity contribution in [1.29, 1.82) is 0 Å². The van der Waals surface area contributed by atoms with Crippen LogP contribution in [0.5, 0.6) is 5.88 Å². The van der Waals surface area contributed by atoms with Crippen molar-refractivity contribution >= 4 is 27.4 Å². The second-order valence-corrected chi connectivity index (χ2v) is 13.0. The number of ether oxygens (including phenoxy) is 2. The Morgan fingerprint density at radius 3 is 2.45 bits per heavy atom. The predicted molar refractivity (Wildman–Crippen MR) is 147 cm³/mol. The number of likely N-dealkylation sites (tertiary alicyclic amines) is 1. The Labute approximate surface area is 241 Å². The molecule has 2 aromatic rings. The molecule has 1 aromatic carbocycles. The number of carbonyl (C=O) groups is 2. The van der Waals surface area contributed by atoms with Gasteiger partial charge >= 0.3 is 12.3 Å². The van der Waals surface area contributed by atoms with E-state index in [9.17, 15) is 31.2 Å². The Morgan fingerprint density at radius 2 is 1.83 bits per heavy atom. The molecule has 0 unspecified atom stereocenters. The lowest BCUT2D eigenvalue weighted by Crippen LogP contribution is -2.57. The summed E-state index contributed by atoms with van der Waals surface area (Å²) < 4.78 is 76.3. The third-order valence-electron chi connectivity index (χ3n) is 6.41. The lowest BCUT2D eigenvalue weighted by molar-refractivity contribution is -0.137. The maximum Gasteiger partial charge on any atom is 0.416 e. The second-order valence-electron chi connectivity index (χ2n) is 10.9. The van der Waals surface area contributed by atoms with E-state index in [1.807, 2.05) is 0 Å². The molecule has 1 aromatic heterocycles. The molecule has 14 heteroatoms. The van der Waals surface area contributed by atoms with Crippen LogP contribution in [-0.4, -0.2) is 79.8 Å². The van der Waals surface area contributed by atoms with Gasteiger partial charge in [0.1, 0.15) is 11.7 Å². The number of allylic oxidation sites excluding steroid dienone is 2. The Balaban J connectivity index is 1.63. The van der Waals surface area contributed by atoms with Crippen LogP contribution in [0.2, 0.25) is 0 Å². The van der Waals surface area contributed by atoms with Crippen LogP contribution in [0.1, 0.15) is 42.3 Å². The molecule has 2 amide bonds. The molecule has 0 radical (unpaired) electrons. The number of pyridine rings is 1. The lowest BCUT2D eigenvalue weighted by atomic mass is 10.0. The summed E-state index contributed by atoms with van der Waals surface area (Å²) in [5, 5.41) is 2.99. The molecule has 0 aliphatic carbocycles. The monoisotopic (exact) mass is 608 g/mol. The largest absolute Gasteiger partial charge is 0.470 e. The number of amides is 2. The highest BCUT2D eigenvalue weighted by atomic mass is 32.2. The minimum absolute atomic E-state index is 0.135. The summed E-state index contributed by atoms with van der Waals surface area (Å²) >= 11 is 0. The van der Waals surface area contributed by atoms with Crippen LogP contribution in [0, 0.1) is 0 Å². The number of likely N-dealkylation sites (N-methyl/N-ethyl adjacent to an activating group) is 1. The van der Waals surface area contributed by atoms with Gasteiger partial charge in [-0.2, -0.15) is 13.2 Å². The molecular weight excluding hydrogens is 577 g/mol. The van der Waals surface area contributed by atoms with Crippen LogP contribution in [0.25, 0.3) is 5.57 Å². The Bertz CT molecular complexity index is 1560. The van der Waals surface area contributed by atoms with Crippen LogP contribution < -0.4 is 10.1 Å². The summed E-state index contributed by atoms with van der Waals surface area (Å²) in [7, 11) is -2.65. The van der Waals surface area contributed by atoms with Crippen molar-refractivity contribution in [3.05, 3.63) is 71.2 Å². The molecule has 4 rings (SSSR count). The summed E-state index contributed by atoms with van der Waals surface area (Å²) in [6.45, 7) is 6.02. The SMILES string of the molecule is CN(C(=O)c1cc(C(F)(F)F)cc(S(C)(=O)=O)c1)C1=C(c2cccnc2OC2CN(C(=O)OC(C)(C)C)C2)C=CNC1. The summed E-state index contributed by atoms with van der Waals surface area (Å²) in [5.41, 5.74) is -0.892. The van der Waals surface area contributed by atoms with Crippen LogP contribution in [0.4, 0.5) is 18.0 Å². The van der Waals surface area contributed by atoms with Crippen molar-refractivity contribution in [2.75, 3.05) is 32.9 Å². The van der Waals surface area contributed by atoms with Gasteiger partial charge in [0.25, 0.3) is 5.91 Å². The first-order valence-electron chi connectivity index (χ1n) is 12.9. The average molecular weight is 609 g/mol. The van der Waals surface area contributed by atoms with E-state index in [4.69, 9.17) is 9.47 Å². The third-order valence-corrected chi connectivity index (χ3v) is 7.50. The van der Waals surface area contributed by atoms with Gasteiger partial charge in [-0.25, -0.2) is 18.2 Å². The van der Waals surface area contributed by atoms with E-state index in [1.165, 1.54) is 18.1 Å². The van der Waals surface area contributed by atoms with E-state index < -0.39 is 49.6 Å². The molecule has 0 atom stereocenters. The third kappa shape index (κ3) is 7.04. The highest BCUT2D eigenvalue weighted by Gasteiger charge is 2.37. The molecule has 226 valence electrons. The van der Waals surface area contributed by atoms with E-state index >= 15 is 0 Å². The number of hydrogen-bond acceptors (Lipinski definition) is 8. The number of sulfone groups is 1. The summed E-state index contributed by atoms with van der Waals surface area (Å²) in [6.07, 6.45) is -0.0599. The molecule has 2 aliphatic heterocycles. The molecule has 0 saturated carbocycles. The fraction of sp³-hybridized carbons (Fsp3) is 0.393. The number of rotatable bonds is 6. The van der Waals surface area contributed by atoms with Gasteiger partial charge in [-0.1, -0.05) is 0 Å². The molecule has 10 nitrogen and oxygen atoms in total. The zero-order valence-electron chi connectivity index (χ0n) is 23.7. The fourth-order valence-electron chi connectivity index (χ4n) is 4.29. The maximum absolute atomic E-state index is 13.6. The Morgan fingerprint density at radius 1 is 1.14 bits per heavy atom. The van der Waals surface area contributed by atoms with Gasteiger partial charge in [0.05, 0.1) is 30.1 Å². The summed E-state index contributed by atoms with van der Waals surface area (Å²) in [6, 6.07) is 5.46. The molecule has 42 heavy (non-hydrogen) atoms. The van der Waals surface area contributed by atoms with Crippen molar-refractivity contribution in [2.24, 2.45) is 0 Å². The average Bonchev–Trinajstić information content (AvgIpc) is 2.87. The van der Waals surface area contributed by atoms with Gasteiger partial charge in [0, 0.05) is 41.9 Å². The zero-order chi connectivity index (χ0) is 31.0. The number of benzene rings is 1. The van der Waals surface area contributed by atoms with Gasteiger partial charge in [0.2, 0.25) is 5.88 Å². The van der Waals surface area contributed by atoms with Crippen LogP contribution in [-0.2, 0) is 20.8 Å². The van der Waals surface area contributed by atoms with E-state index in [0.717, 1.165) is 17.2 Å². The van der Waals surface area contributed by atoms with Crippen LogP contribution >= 0.6 is 0 Å². The summed E-state index contributed by atoms with van der Waals surface area (Å²) in [4.78, 5) is 32.1. The highest BCUT2D eigenvalue weighted by molar-refractivity contribution is 7.90. The molecule has 2 aliphatic rings. The molecule has 1 fully saturated rings. The van der Waals surface area contributed by atoms with E-state index in [-0.39, 0.29) is 31.6 Å². The first-order valence-corrected chi connectivity index (χ1v) is 14.8. The van der Waals surface area contributed by atoms with E-state index in [1.54, 1.807) is 45.2 Å². The molecule has 0 bridgehead atoms. The Kier molecular flexibility index (Phi) is 8.31. The number of dihydropyridines is 1. The van der Waals surface area contributed by atoms with Gasteiger partial charge in [-0.3, -0.25) is 4.79 Å².